The molecule has 1 atom stereocenters. The zero-order valence-electron chi connectivity index (χ0n) is 17.2. The van der Waals surface area contributed by atoms with Gasteiger partial charge in [-0.05, 0) is 66.1 Å². The number of thiophene rings is 1. The van der Waals surface area contributed by atoms with Crippen molar-refractivity contribution in [2.45, 2.75) is 70.7 Å². The molecule has 0 amide bonds. The van der Waals surface area contributed by atoms with Crippen molar-refractivity contribution in [1.82, 2.24) is 14.6 Å². The summed E-state index contributed by atoms with van der Waals surface area (Å²) in [6.45, 7) is 10.8. The van der Waals surface area contributed by atoms with Gasteiger partial charge in [0.2, 0.25) is 10.0 Å². The SMILES string of the molecule is Cc1nc(-c2cc(S(=O)(=O)NCCC(C)N3CCCCCC3)c(C)s2)sc1C. The van der Waals surface area contributed by atoms with E-state index in [1.54, 1.807) is 17.4 Å². The fourth-order valence-electron chi connectivity index (χ4n) is 3.61. The molecule has 28 heavy (non-hydrogen) atoms. The number of rotatable bonds is 7. The molecule has 0 aromatic carbocycles. The Kier molecular flexibility index (Phi) is 7.31. The van der Waals surface area contributed by atoms with Gasteiger partial charge < -0.3 is 4.90 Å². The van der Waals surface area contributed by atoms with E-state index in [1.165, 1.54) is 41.9 Å². The van der Waals surface area contributed by atoms with Crippen molar-refractivity contribution in [2.75, 3.05) is 19.6 Å². The number of hydrogen-bond acceptors (Lipinski definition) is 6. The van der Waals surface area contributed by atoms with Crippen LogP contribution in [0.25, 0.3) is 9.88 Å². The van der Waals surface area contributed by atoms with Gasteiger partial charge in [-0.15, -0.1) is 22.7 Å². The third-order valence-corrected chi connectivity index (χ3v) is 9.53. The highest BCUT2D eigenvalue weighted by atomic mass is 32.2. The molecule has 1 unspecified atom stereocenters. The Morgan fingerprint density at radius 2 is 1.79 bits per heavy atom. The number of nitrogens with one attached hydrogen (secondary N) is 1. The van der Waals surface area contributed by atoms with Crippen LogP contribution in [0.3, 0.4) is 0 Å². The van der Waals surface area contributed by atoms with Crippen LogP contribution < -0.4 is 4.72 Å². The Labute approximate surface area is 177 Å². The quantitative estimate of drug-likeness (QED) is 0.675. The van der Waals surface area contributed by atoms with Crippen LogP contribution in [0.5, 0.6) is 0 Å². The summed E-state index contributed by atoms with van der Waals surface area (Å²) in [5.41, 5.74) is 1.01. The van der Waals surface area contributed by atoms with Crippen LogP contribution in [0.4, 0.5) is 0 Å². The minimum atomic E-state index is -3.50. The zero-order chi connectivity index (χ0) is 20.3. The van der Waals surface area contributed by atoms with Gasteiger partial charge in [-0.1, -0.05) is 12.8 Å². The Morgan fingerprint density at radius 3 is 2.39 bits per heavy atom. The van der Waals surface area contributed by atoms with Crippen LogP contribution in [0.1, 0.15) is 54.5 Å². The van der Waals surface area contributed by atoms with Gasteiger partial charge in [0.15, 0.2) is 0 Å². The lowest BCUT2D eigenvalue weighted by Gasteiger charge is -2.27. The van der Waals surface area contributed by atoms with E-state index >= 15 is 0 Å². The Balaban J connectivity index is 1.63. The maximum absolute atomic E-state index is 12.8. The van der Waals surface area contributed by atoms with Crippen molar-refractivity contribution in [1.29, 1.82) is 0 Å². The van der Waals surface area contributed by atoms with Gasteiger partial charge in [0.1, 0.15) is 5.01 Å². The Morgan fingerprint density at radius 1 is 1.11 bits per heavy atom. The summed E-state index contributed by atoms with van der Waals surface area (Å²) >= 11 is 3.12. The summed E-state index contributed by atoms with van der Waals surface area (Å²) in [6.07, 6.45) is 5.97. The molecule has 0 saturated carbocycles. The first kappa shape index (κ1) is 21.9. The first-order valence-electron chi connectivity index (χ1n) is 10.1. The van der Waals surface area contributed by atoms with Gasteiger partial charge in [-0.2, -0.15) is 0 Å². The first-order chi connectivity index (χ1) is 13.3. The number of likely N-dealkylation sites (tertiary alicyclic amines) is 1. The zero-order valence-corrected chi connectivity index (χ0v) is 19.7. The molecular formula is C20H31N3O2S3. The molecule has 5 nitrogen and oxygen atoms in total. The van der Waals surface area contributed by atoms with Crippen molar-refractivity contribution in [3.63, 3.8) is 0 Å². The van der Waals surface area contributed by atoms with E-state index in [9.17, 15) is 8.42 Å². The van der Waals surface area contributed by atoms with Gasteiger partial charge in [0.25, 0.3) is 0 Å². The van der Waals surface area contributed by atoms with Crippen molar-refractivity contribution in [3.05, 3.63) is 21.5 Å². The summed E-state index contributed by atoms with van der Waals surface area (Å²) in [5, 5.41) is 0.902. The molecule has 1 aliphatic heterocycles. The molecule has 8 heteroatoms. The highest BCUT2D eigenvalue weighted by Crippen LogP contribution is 2.36. The molecule has 3 heterocycles. The van der Waals surface area contributed by atoms with Crippen molar-refractivity contribution >= 4 is 32.7 Å². The van der Waals surface area contributed by atoms with Crippen LogP contribution in [-0.4, -0.2) is 44.0 Å². The molecular weight excluding hydrogens is 410 g/mol. The largest absolute Gasteiger partial charge is 0.301 e. The van der Waals surface area contributed by atoms with E-state index < -0.39 is 10.0 Å². The van der Waals surface area contributed by atoms with E-state index in [0.29, 0.717) is 17.5 Å². The fourth-order valence-corrected chi connectivity index (χ4v) is 7.21. The van der Waals surface area contributed by atoms with Gasteiger partial charge in [0, 0.05) is 22.3 Å². The van der Waals surface area contributed by atoms with E-state index in [-0.39, 0.29) is 0 Å². The molecule has 1 saturated heterocycles. The van der Waals surface area contributed by atoms with E-state index in [1.807, 2.05) is 20.8 Å². The summed E-state index contributed by atoms with van der Waals surface area (Å²) in [4.78, 5) is 10.4. The molecule has 0 spiro atoms. The lowest BCUT2D eigenvalue weighted by molar-refractivity contribution is 0.208. The van der Waals surface area contributed by atoms with Gasteiger partial charge in [-0.25, -0.2) is 18.1 Å². The molecule has 1 N–H and O–H groups in total. The van der Waals surface area contributed by atoms with Gasteiger partial charge >= 0.3 is 0 Å². The van der Waals surface area contributed by atoms with Crippen LogP contribution >= 0.6 is 22.7 Å². The van der Waals surface area contributed by atoms with Crippen LogP contribution in [-0.2, 0) is 10.0 Å². The van der Waals surface area contributed by atoms with Crippen LogP contribution in [0.2, 0.25) is 0 Å². The van der Waals surface area contributed by atoms with E-state index in [4.69, 9.17) is 0 Å². The number of hydrogen-bond donors (Lipinski definition) is 1. The molecule has 0 bridgehead atoms. The Hall–Kier alpha value is -0.800. The number of aryl methyl sites for hydroxylation is 3. The predicted octanol–water partition coefficient (Wildman–Crippen LogP) is 4.73. The lowest BCUT2D eigenvalue weighted by Crippen LogP contribution is -2.37. The molecule has 156 valence electrons. The minimum absolute atomic E-state index is 0.389. The summed E-state index contributed by atoms with van der Waals surface area (Å²) < 4.78 is 28.5. The maximum atomic E-state index is 12.8. The molecule has 2 aromatic heterocycles. The fraction of sp³-hybridized carbons (Fsp3) is 0.650. The first-order valence-corrected chi connectivity index (χ1v) is 13.2. The third-order valence-electron chi connectivity index (χ3n) is 5.52. The van der Waals surface area contributed by atoms with E-state index in [0.717, 1.165) is 40.0 Å². The molecule has 0 radical (unpaired) electrons. The van der Waals surface area contributed by atoms with Crippen LogP contribution in [0.15, 0.2) is 11.0 Å². The van der Waals surface area contributed by atoms with Crippen LogP contribution in [0, 0.1) is 20.8 Å². The molecule has 1 aliphatic rings. The second-order valence-electron chi connectivity index (χ2n) is 7.68. The molecule has 1 fully saturated rings. The lowest BCUT2D eigenvalue weighted by atomic mass is 10.2. The van der Waals surface area contributed by atoms with Crippen molar-refractivity contribution < 1.29 is 8.42 Å². The number of nitrogens with zero attached hydrogens (tertiary/aromatic N) is 2. The summed E-state index contributed by atoms with van der Waals surface area (Å²) in [5.74, 6) is 0. The normalized spacial score (nSPS) is 17.6. The highest BCUT2D eigenvalue weighted by molar-refractivity contribution is 7.89. The standard InChI is InChI=1S/C20H31N3O2S3/c1-14(23-11-7-5-6-8-12-23)9-10-21-28(24,25)19-13-18(26-17(19)4)20-22-15(2)16(3)27-20/h13-14,21H,5-12H2,1-4H3. The number of sulfonamides is 1. The average Bonchev–Trinajstić information content (AvgIpc) is 3.06. The topological polar surface area (TPSA) is 62.3 Å². The molecule has 3 rings (SSSR count). The predicted molar refractivity (Wildman–Crippen MR) is 119 cm³/mol. The minimum Gasteiger partial charge on any atom is -0.301 e. The second-order valence-corrected chi connectivity index (χ2v) is 11.9. The van der Waals surface area contributed by atoms with Gasteiger partial charge in [0.05, 0.1) is 15.5 Å². The van der Waals surface area contributed by atoms with Crippen molar-refractivity contribution in [2.24, 2.45) is 0 Å². The average molecular weight is 442 g/mol. The molecule has 0 aliphatic carbocycles. The summed E-state index contributed by atoms with van der Waals surface area (Å²) in [7, 11) is -3.50. The highest BCUT2D eigenvalue weighted by Gasteiger charge is 2.22. The summed E-state index contributed by atoms with van der Waals surface area (Å²) in [6, 6.07) is 2.18. The second kappa shape index (κ2) is 9.34. The monoisotopic (exact) mass is 441 g/mol. The third kappa shape index (κ3) is 5.21. The van der Waals surface area contributed by atoms with Crippen molar-refractivity contribution in [3.8, 4) is 9.88 Å². The van der Waals surface area contributed by atoms with E-state index in [2.05, 4.69) is 21.5 Å². The molecule has 2 aromatic rings. The number of thiazole rings is 1. The maximum Gasteiger partial charge on any atom is 0.241 e. The number of aromatic nitrogens is 1. The van der Waals surface area contributed by atoms with Gasteiger partial charge in [-0.3, -0.25) is 0 Å². The Bertz CT molecular complexity index is 874. The smallest absolute Gasteiger partial charge is 0.241 e.